The molecule has 0 saturated heterocycles. The van der Waals surface area contributed by atoms with Gasteiger partial charge in [-0.05, 0) is 31.2 Å². The van der Waals surface area contributed by atoms with Crippen molar-refractivity contribution in [3.05, 3.63) is 74.4 Å². The summed E-state index contributed by atoms with van der Waals surface area (Å²) >= 11 is 3.29. The van der Waals surface area contributed by atoms with Gasteiger partial charge in [-0.25, -0.2) is 9.07 Å². The summed E-state index contributed by atoms with van der Waals surface area (Å²) in [5.41, 5.74) is 0.750. The van der Waals surface area contributed by atoms with Crippen molar-refractivity contribution >= 4 is 32.6 Å². The van der Waals surface area contributed by atoms with Crippen molar-refractivity contribution < 1.29 is 9.18 Å². The molecule has 0 aliphatic rings. The van der Waals surface area contributed by atoms with E-state index >= 15 is 0 Å². The molecule has 0 bridgehead atoms. The van der Waals surface area contributed by atoms with Crippen molar-refractivity contribution in [2.45, 2.75) is 20.0 Å². The second-order valence-corrected chi connectivity index (χ2v) is 7.00. The number of likely N-dealkylation sites (N-methyl/N-ethyl adjacent to an activating group) is 1. The molecule has 0 saturated carbocycles. The lowest BCUT2D eigenvalue weighted by Gasteiger charge is -2.18. The quantitative estimate of drug-likeness (QED) is 0.654. The van der Waals surface area contributed by atoms with Crippen LogP contribution in [0.3, 0.4) is 0 Å². The lowest BCUT2D eigenvalue weighted by molar-refractivity contribution is -0.131. The molecule has 0 atom stereocenters. The zero-order valence-electron chi connectivity index (χ0n) is 14.4. The van der Waals surface area contributed by atoms with Gasteiger partial charge in [-0.15, -0.1) is 0 Å². The van der Waals surface area contributed by atoms with Crippen molar-refractivity contribution in [1.82, 2.24) is 14.7 Å². The molecule has 2 aromatic carbocycles. The van der Waals surface area contributed by atoms with E-state index in [9.17, 15) is 14.0 Å². The minimum Gasteiger partial charge on any atom is -0.340 e. The Hall–Kier alpha value is -2.54. The molecule has 1 amide bonds. The third-order valence-electron chi connectivity index (χ3n) is 4.18. The van der Waals surface area contributed by atoms with Crippen molar-refractivity contribution in [2.75, 3.05) is 7.05 Å². The van der Waals surface area contributed by atoms with Crippen LogP contribution in [-0.2, 0) is 17.9 Å². The van der Waals surface area contributed by atoms with Gasteiger partial charge < -0.3 is 4.90 Å². The molecule has 1 aromatic heterocycles. The summed E-state index contributed by atoms with van der Waals surface area (Å²) in [7, 11) is 1.57. The van der Waals surface area contributed by atoms with Crippen molar-refractivity contribution in [3.8, 4) is 0 Å². The number of carbonyl (C=O) groups is 1. The van der Waals surface area contributed by atoms with Gasteiger partial charge in [0.2, 0.25) is 5.91 Å². The van der Waals surface area contributed by atoms with Crippen LogP contribution in [0.2, 0.25) is 0 Å². The normalized spacial score (nSPS) is 10.9. The molecule has 0 aliphatic carbocycles. The number of aryl methyl sites for hydroxylation is 1. The van der Waals surface area contributed by atoms with Gasteiger partial charge in [0.1, 0.15) is 12.4 Å². The summed E-state index contributed by atoms with van der Waals surface area (Å²) in [5, 5.41) is 5.53. The Morgan fingerprint density at radius 1 is 1.23 bits per heavy atom. The maximum Gasteiger partial charge on any atom is 0.275 e. The first-order valence-electron chi connectivity index (χ1n) is 8.01. The molecule has 26 heavy (non-hydrogen) atoms. The molecular weight excluding hydrogens is 401 g/mol. The number of amides is 1. The maximum atomic E-state index is 13.9. The molecule has 3 aromatic rings. The zero-order chi connectivity index (χ0) is 18.8. The van der Waals surface area contributed by atoms with Crippen LogP contribution in [0.4, 0.5) is 4.39 Å². The first kappa shape index (κ1) is 18.3. The first-order valence-corrected chi connectivity index (χ1v) is 8.80. The minimum atomic E-state index is -0.385. The van der Waals surface area contributed by atoms with E-state index in [0.29, 0.717) is 16.6 Å². The van der Waals surface area contributed by atoms with E-state index in [1.807, 2.05) is 12.1 Å². The molecular formula is C19H17BrFN3O2. The van der Waals surface area contributed by atoms with Crippen molar-refractivity contribution in [1.29, 1.82) is 0 Å². The van der Waals surface area contributed by atoms with Gasteiger partial charge in [-0.3, -0.25) is 9.59 Å². The topological polar surface area (TPSA) is 55.2 Å². The molecule has 0 N–H and O–H groups in total. The predicted octanol–water partition coefficient (Wildman–Crippen LogP) is 3.27. The van der Waals surface area contributed by atoms with Gasteiger partial charge in [-0.1, -0.05) is 34.1 Å². The van der Waals surface area contributed by atoms with Crippen molar-refractivity contribution in [2.24, 2.45) is 0 Å². The van der Waals surface area contributed by atoms with Crippen LogP contribution >= 0.6 is 15.9 Å². The Bertz CT molecular complexity index is 1050. The molecule has 134 valence electrons. The molecule has 7 heteroatoms. The van der Waals surface area contributed by atoms with Crippen LogP contribution in [0, 0.1) is 12.7 Å². The molecule has 0 spiro atoms. The number of nitrogens with zero attached hydrogens (tertiary/aromatic N) is 3. The predicted molar refractivity (Wildman–Crippen MR) is 101 cm³/mol. The zero-order valence-corrected chi connectivity index (χ0v) is 16.0. The fourth-order valence-corrected chi connectivity index (χ4v) is 3.18. The van der Waals surface area contributed by atoms with E-state index in [4.69, 9.17) is 0 Å². The molecule has 0 fully saturated rings. The highest BCUT2D eigenvalue weighted by Crippen LogP contribution is 2.17. The van der Waals surface area contributed by atoms with Gasteiger partial charge in [-0.2, -0.15) is 5.10 Å². The third-order valence-corrected chi connectivity index (χ3v) is 4.67. The van der Waals surface area contributed by atoms with Crippen LogP contribution in [0.1, 0.15) is 11.3 Å². The van der Waals surface area contributed by atoms with Gasteiger partial charge >= 0.3 is 0 Å². The maximum absolute atomic E-state index is 13.9. The summed E-state index contributed by atoms with van der Waals surface area (Å²) < 4.78 is 15.8. The Balaban J connectivity index is 1.83. The monoisotopic (exact) mass is 417 g/mol. The van der Waals surface area contributed by atoms with Crippen LogP contribution in [0.15, 0.2) is 51.7 Å². The number of fused-ring (bicyclic) bond motifs is 1. The highest BCUT2D eigenvalue weighted by Gasteiger charge is 2.15. The largest absolute Gasteiger partial charge is 0.340 e. The molecule has 1 heterocycles. The van der Waals surface area contributed by atoms with E-state index in [-0.39, 0.29) is 30.4 Å². The Morgan fingerprint density at radius 2 is 1.92 bits per heavy atom. The van der Waals surface area contributed by atoms with Gasteiger partial charge in [0.15, 0.2) is 0 Å². The fourth-order valence-electron chi connectivity index (χ4n) is 2.77. The van der Waals surface area contributed by atoms with Crippen molar-refractivity contribution in [3.63, 3.8) is 0 Å². The van der Waals surface area contributed by atoms with E-state index in [2.05, 4.69) is 21.0 Å². The number of halogens is 2. The molecule has 0 radical (unpaired) electrons. The number of hydrogen-bond donors (Lipinski definition) is 0. The van der Waals surface area contributed by atoms with Crippen LogP contribution in [0.25, 0.3) is 10.8 Å². The third kappa shape index (κ3) is 3.67. The number of hydrogen-bond acceptors (Lipinski definition) is 3. The van der Waals surface area contributed by atoms with E-state index in [1.54, 1.807) is 38.2 Å². The number of carbonyl (C=O) groups excluding carboxylic acids is 1. The lowest BCUT2D eigenvalue weighted by Crippen LogP contribution is -2.35. The average Bonchev–Trinajstić information content (AvgIpc) is 2.62. The van der Waals surface area contributed by atoms with E-state index in [1.165, 1.54) is 11.0 Å². The molecule has 3 rings (SSSR count). The summed E-state index contributed by atoms with van der Waals surface area (Å²) in [6, 6.07) is 11.7. The standard InChI is InChI=1S/C19H17BrFN3O2/c1-12-15-5-3-4-6-16(15)19(26)24(22-12)11-18(25)23(2)10-13-9-14(20)7-8-17(13)21/h3-9H,10-11H2,1-2H3. The summed E-state index contributed by atoms with van der Waals surface area (Å²) in [6.07, 6.45) is 0. The Kier molecular flexibility index (Phi) is 5.18. The molecule has 5 nitrogen and oxygen atoms in total. The van der Waals surface area contributed by atoms with Crippen LogP contribution < -0.4 is 5.56 Å². The Labute approximate surface area is 158 Å². The highest BCUT2D eigenvalue weighted by molar-refractivity contribution is 9.10. The van der Waals surface area contributed by atoms with Crippen LogP contribution in [-0.4, -0.2) is 27.6 Å². The second-order valence-electron chi connectivity index (χ2n) is 6.08. The van der Waals surface area contributed by atoms with E-state index in [0.717, 1.165) is 14.5 Å². The fraction of sp³-hybridized carbons (Fsp3) is 0.211. The van der Waals surface area contributed by atoms with E-state index < -0.39 is 0 Å². The summed E-state index contributed by atoms with van der Waals surface area (Å²) in [6.45, 7) is 1.70. The minimum absolute atomic E-state index is 0.103. The second kappa shape index (κ2) is 7.37. The SMILES string of the molecule is Cc1nn(CC(=O)N(C)Cc2cc(Br)ccc2F)c(=O)c2ccccc12. The number of aromatic nitrogens is 2. The highest BCUT2D eigenvalue weighted by atomic mass is 79.9. The molecule has 0 unspecified atom stereocenters. The smallest absolute Gasteiger partial charge is 0.275 e. The Morgan fingerprint density at radius 3 is 2.65 bits per heavy atom. The lowest BCUT2D eigenvalue weighted by atomic mass is 10.1. The van der Waals surface area contributed by atoms with Gasteiger partial charge in [0, 0.05) is 29.0 Å². The number of rotatable bonds is 4. The van der Waals surface area contributed by atoms with Crippen LogP contribution in [0.5, 0.6) is 0 Å². The summed E-state index contributed by atoms with van der Waals surface area (Å²) in [4.78, 5) is 26.4. The van der Waals surface area contributed by atoms with Gasteiger partial charge in [0.25, 0.3) is 5.56 Å². The average molecular weight is 418 g/mol. The molecule has 0 aliphatic heterocycles. The number of benzene rings is 2. The van der Waals surface area contributed by atoms with Gasteiger partial charge in [0.05, 0.1) is 11.1 Å². The summed E-state index contributed by atoms with van der Waals surface area (Å²) in [5.74, 6) is -0.710. The first-order chi connectivity index (χ1) is 12.4.